The molecular formula is C11H14O4. The van der Waals surface area contributed by atoms with Crippen LogP contribution in [-0.2, 0) is 9.53 Å². The molecule has 0 unspecified atom stereocenters. The van der Waals surface area contributed by atoms with E-state index in [2.05, 4.69) is 0 Å². The van der Waals surface area contributed by atoms with Crippen molar-refractivity contribution >= 4 is 5.97 Å². The minimum absolute atomic E-state index is 0.256. The van der Waals surface area contributed by atoms with Gasteiger partial charge in [-0.05, 0) is 24.6 Å². The molecule has 0 aromatic heterocycles. The van der Waals surface area contributed by atoms with Gasteiger partial charge in [-0.2, -0.15) is 0 Å². The van der Waals surface area contributed by atoms with Crippen molar-refractivity contribution in [1.82, 2.24) is 0 Å². The van der Waals surface area contributed by atoms with Gasteiger partial charge in [0.1, 0.15) is 5.75 Å². The third kappa shape index (κ3) is 2.95. The molecule has 0 radical (unpaired) electrons. The van der Waals surface area contributed by atoms with Crippen molar-refractivity contribution in [2.24, 2.45) is 0 Å². The zero-order chi connectivity index (χ0) is 11.3. The maximum Gasteiger partial charge on any atom is 0.339 e. The molecule has 82 valence electrons. The minimum Gasteiger partial charge on any atom is -0.497 e. The van der Waals surface area contributed by atoms with Gasteiger partial charge in [-0.25, -0.2) is 4.79 Å². The number of carbonyl (C=O) groups excluding carboxylic acids is 1. The minimum atomic E-state index is -1.23. The summed E-state index contributed by atoms with van der Waals surface area (Å²) in [4.78, 5) is 11.2. The molecule has 1 aromatic carbocycles. The van der Waals surface area contributed by atoms with Gasteiger partial charge in [0.25, 0.3) is 0 Å². The summed E-state index contributed by atoms with van der Waals surface area (Å²) in [5.41, 5.74) is 0.495. The van der Waals surface area contributed by atoms with E-state index in [9.17, 15) is 9.90 Å². The number of ether oxygens (including phenoxy) is 2. The molecule has 1 atom stereocenters. The average Bonchev–Trinajstić information content (AvgIpc) is 2.28. The first kappa shape index (κ1) is 11.5. The zero-order valence-electron chi connectivity index (χ0n) is 8.77. The molecule has 1 aromatic rings. The standard InChI is InChI=1S/C11H14O4/c1-3-15-11(13)10(12)8-4-6-9(14-2)7-5-8/h4-7,10,12H,3H2,1-2H3/t10-/m1/s1. The predicted octanol–water partition coefficient (Wildman–Crippen LogP) is 1.29. The van der Waals surface area contributed by atoms with Gasteiger partial charge in [-0.15, -0.1) is 0 Å². The Morgan fingerprint density at radius 3 is 2.47 bits per heavy atom. The van der Waals surface area contributed by atoms with Crippen molar-refractivity contribution in [3.63, 3.8) is 0 Å². The van der Waals surface area contributed by atoms with Gasteiger partial charge in [-0.3, -0.25) is 0 Å². The molecule has 0 spiro atoms. The Hall–Kier alpha value is -1.55. The lowest BCUT2D eigenvalue weighted by molar-refractivity contribution is -0.153. The number of aliphatic hydroxyl groups is 1. The fraction of sp³-hybridized carbons (Fsp3) is 0.364. The molecule has 0 aliphatic rings. The fourth-order valence-electron chi connectivity index (χ4n) is 1.14. The lowest BCUT2D eigenvalue weighted by Gasteiger charge is -2.10. The summed E-state index contributed by atoms with van der Waals surface area (Å²) in [6.45, 7) is 1.95. The van der Waals surface area contributed by atoms with Crippen LogP contribution in [0, 0.1) is 0 Å². The van der Waals surface area contributed by atoms with Gasteiger partial charge in [0.05, 0.1) is 13.7 Å². The first-order valence-corrected chi connectivity index (χ1v) is 4.67. The molecule has 0 amide bonds. The molecule has 4 nitrogen and oxygen atoms in total. The first-order valence-electron chi connectivity index (χ1n) is 4.67. The molecule has 0 fully saturated rings. The van der Waals surface area contributed by atoms with Gasteiger partial charge in [-0.1, -0.05) is 12.1 Å². The zero-order valence-corrected chi connectivity index (χ0v) is 8.77. The normalized spacial score (nSPS) is 11.9. The Balaban J connectivity index is 2.73. The van der Waals surface area contributed by atoms with Crippen molar-refractivity contribution in [3.05, 3.63) is 29.8 Å². The number of rotatable bonds is 4. The van der Waals surface area contributed by atoms with Crippen LogP contribution >= 0.6 is 0 Å². The van der Waals surface area contributed by atoms with Crippen molar-refractivity contribution in [2.45, 2.75) is 13.0 Å². The largest absolute Gasteiger partial charge is 0.497 e. The Morgan fingerprint density at radius 2 is 2.00 bits per heavy atom. The summed E-state index contributed by atoms with van der Waals surface area (Å²) in [7, 11) is 1.55. The van der Waals surface area contributed by atoms with Crippen LogP contribution < -0.4 is 4.74 Å². The van der Waals surface area contributed by atoms with Gasteiger partial charge in [0, 0.05) is 0 Å². The highest BCUT2D eigenvalue weighted by Crippen LogP contribution is 2.18. The van der Waals surface area contributed by atoms with Crippen molar-refractivity contribution in [1.29, 1.82) is 0 Å². The van der Waals surface area contributed by atoms with E-state index in [-0.39, 0.29) is 6.61 Å². The van der Waals surface area contributed by atoms with Crippen molar-refractivity contribution < 1.29 is 19.4 Å². The van der Waals surface area contributed by atoms with Crippen LogP contribution in [0.2, 0.25) is 0 Å². The average molecular weight is 210 g/mol. The van der Waals surface area contributed by atoms with E-state index >= 15 is 0 Å². The lowest BCUT2D eigenvalue weighted by Crippen LogP contribution is -2.15. The Bertz CT molecular complexity index is 318. The van der Waals surface area contributed by atoms with Gasteiger partial charge < -0.3 is 14.6 Å². The van der Waals surface area contributed by atoms with E-state index in [0.29, 0.717) is 11.3 Å². The van der Waals surface area contributed by atoms with Crippen LogP contribution in [0.3, 0.4) is 0 Å². The van der Waals surface area contributed by atoms with E-state index in [4.69, 9.17) is 9.47 Å². The Labute approximate surface area is 88.4 Å². The number of aliphatic hydroxyl groups excluding tert-OH is 1. The summed E-state index contributed by atoms with van der Waals surface area (Å²) < 4.78 is 9.65. The maximum absolute atomic E-state index is 11.2. The van der Waals surface area contributed by atoms with E-state index < -0.39 is 12.1 Å². The van der Waals surface area contributed by atoms with E-state index in [0.717, 1.165) is 0 Å². The van der Waals surface area contributed by atoms with Crippen LogP contribution in [0.25, 0.3) is 0 Å². The lowest BCUT2D eigenvalue weighted by atomic mass is 10.1. The maximum atomic E-state index is 11.2. The molecule has 0 aliphatic heterocycles. The van der Waals surface area contributed by atoms with Crippen LogP contribution in [0.15, 0.2) is 24.3 Å². The quantitative estimate of drug-likeness (QED) is 0.761. The molecule has 0 heterocycles. The van der Waals surface area contributed by atoms with Gasteiger partial charge in [0.15, 0.2) is 6.10 Å². The highest BCUT2D eigenvalue weighted by atomic mass is 16.5. The summed E-state index contributed by atoms with van der Waals surface area (Å²) in [6.07, 6.45) is -1.23. The van der Waals surface area contributed by atoms with Crippen molar-refractivity contribution in [3.8, 4) is 5.75 Å². The number of benzene rings is 1. The monoisotopic (exact) mass is 210 g/mol. The third-order valence-electron chi connectivity index (χ3n) is 1.94. The molecule has 0 saturated carbocycles. The summed E-state index contributed by atoms with van der Waals surface area (Å²) in [6, 6.07) is 6.61. The van der Waals surface area contributed by atoms with E-state index in [1.807, 2.05) is 0 Å². The molecule has 1 rings (SSSR count). The summed E-state index contributed by atoms with van der Waals surface area (Å²) in [5.74, 6) is 0.0393. The van der Waals surface area contributed by atoms with E-state index in [1.165, 1.54) is 0 Å². The smallest absolute Gasteiger partial charge is 0.339 e. The second-order valence-corrected chi connectivity index (χ2v) is 2.93. The first-order chi connectivity index (χ1) is 7.19. The highest BCUT2D eigenvalue weighted by Gasteiger charge is 2.18. The Morgan fingerprint density at radius 1 is 1.40 bits per heavy atom. The second kappa shape index (κ2) is 5.36. The molecule has 0 bridgehead atoms. The van der Waals surface area contributed by atoms with Gasteiger partial charge >= 0.3 is 5.97 Å². The molecule has 4 heteroatoms. The van der Waals surface area contributed by atoms with Crippen LogP contribution in [-0.4, -0.2) is 24.8 Å². The molecule has 0 saturated heterocycles. The predicted molar refractivity (Wildman–Crippen MR) is 54.6 cm³/mol. The summed E-state index contributed by atoms with van der Waals surface area (Å²) in [5, 5.41) is 9.57. The summed E-state index contributed by atoms with van der Waals surface area (Å²) >= 11 is 0. The Kier molecular flexibility index (Phi) is 4.12. The highest BCUT2D eigenvalue weighted by molar-refractivity contribution is 5.76. The number of esters is 1. The topological polar surface area (TPSA) is 55.8 Å². The molecule has 15 heavy (non-hydrogen) atoms. The number of carbonyl (C=O) groups is 1. The molecule has 0 aliphatic carbocycles. The fourth-order valence-corrected chi connectivity index (χ4v) is 1.14. The number of hydrogen-bond donors (Lipinski definition) is 1. The third-order valence-corrected chi connectivity index (χ3v) is 1.94. The van der Waals surface area contributed by atoms with Crippen LogP contribution in [0.1, 0.15) is 18.6 Å². The number of methoxy groups -OCH3 is 1. The van der Waals surface area contributed by atoms with Gasteiger partial charge in [0.2, 0.25) is 0 Å². The van der Waals surface area contributed by atoms with Crippen LogP contribution in [0.4, 0.5) is 0 Å². The van der Waals surface area contributed by atoms with Crippen LogP contribution in [0.5, 0.6) is 5.75 Å². The second-order valence-electron chi connectivity index (χ2n) is 2.93. The number of hydrogen-bond acceptors (Lipinski definition) is 4. The SMILES string of the molecule is CCOC(=O)[C@H](O)c1ccc(OC)cc1. The van der Waals surface area contributed by atoms with Crippen molar-refractivity contribution in [2.75, 3.05) is 13.7 Å². The van der Waals surface area contributed by atoms with E-state index in [1.54, 1.807) is 38.3 Å². The molecule has 1 N–H and O–H groups in total. The molecular weight excluding hydrogens is 196 g/mol.